The van der Waals surface area contributed by atoms with E-state index in [1.54, 1.807) is 23.6 Å². The molecule has 0 aliphatic heterocycles. The number of carbonyl (C=O) groups excluding carboxylic acids is 1. The van der Waals surface area contributed by atoms with E-state index >= 15 is 0 Å². The van der Waals surface area contributed by atoms with Gasteiger partial charge in [0.05, 0.1) is 27.7 Å². The van der Waals surface area contributed by atoms with Crippen LogP contribution in [0.2, 0.25) is 5.02 Å². The molecule has 2 unspecified atom stereocenters. The highest BCUT2D eigenvalue weighted by Crippen LogP contribution is 2.51. The lowest BCUT2D eigenvalue weighted by molar-refractivity contribution is -0.870. The molecule has 0 aliphatic carbocycles. The summed E-state index contributed by atoms with van der Waals surface area (Å²) >= 11 is 7.32. The Kier molecular flexibility index (Phi) is 10.2. The maximum Gasteiger partial charge on any atom is 0.237 e. The van der Waals surface area contributed by atoms with Crippen LogP contribution in [0, 0.1) is 11.6 Å². The molecule has 0 bridgehead atoms. The van der Waals surface area contributed by atoms with Gasteiger partial charge in [0.15, 0.2) is 11.6 Å². The second kappa shape index (κ2) is 12.2. The maximum absolute atomic E-state index is 13.2. The van der Waals surface area contributed by atoms with Gasteiger partial charge in [-0.25, -0.2) is 8.78 Å². The van der Waals surface area contributed by atoms with Crippen molar-refractivity contribution in [3.8, 4) is 0 Å². The number of carbonyl (C=O) groups is 1. The number of aliphatic hydroxyl groups is 1. The molecular formula is C24H28ClF2N2O4PS. The lowest BCUT2D eigenvalue weighted by Crippen LogP contribution is -2.36. The van der Waals surface area contributed by atoms with Gasteiger partial charge in [0.1, 0.15) is 12.2 Å². The molecule has 1 heterocycles. The first-order valence-electron chi connectivity index (χ1n) is 10.5. The Morgan fingerprint density at radius 1 is 1.23 bits per heavy atom. The van der Waals surface area contributed by atoms with E-state index in [1.807, 2.05) is 0 Å². The van der Waals surface area contributed by atoms with Crippen LogP contribution >= 0.6 is 30.3 Å². The average Bonchev–Trinajstić information content (AvgIpc) is 3.12. The van der Waals surface area contributed by atoms with Crippen molar-refractivity contribution < 1.29 is 32.6 Å². The van der Waals surface area contributed by atoms with Crippen molar-refractivity contribution in [2.24, 2.45) is 0 Å². The monoisotopic (exact) mass is 544 g/mol. The Morgan fingerprint density at radius 3 is 2.46 bits per heavy atom. The molecule has 2 atom stereocenters. The van der Waals surface area contributed by atoms with Crippen LogP contribution in [0.3, 0.4) is 0 Å². The minimum atomic E-state index is -4.11. The molecule has 0 spiro atoms. The number of fused-ring (bicyclic) bond motifs is 1. The van der Waals surface area contributed by atoms with Crippen LogP contribution in [0.4, 0.5) is 8.78 Å². The van der Waals surface area contributed by atoms with E-state index in [9.17, 15) is 23.0 Å². The van der Waals surface area contributed by atoms with Gasteiger partial charge in [-0.05, 0) is 65.0 Å². The predicted octanol–water partition coefficient (Wildman–Crippen LogP) is 4.61. The first-order valence-corrected chi connectivity index (χ1v) is 13.9. The molecular weight excluding hydrogens is 517 g/mol. The van der Waals surface area contributed by atoms with Gasteiger partial charge in [0.2, 0.25) is 5.91 Å². The van der Waals surface area contributed by atoms with Crippen molar-refractivity contribution >= 4 is 52.4 Å². The Morgan fingerprint density at radius 2 is 1.91 bits per heavy atom. The second-order valence-electron chi connectivity index (χ2n) is 8.90. The third-order valence-corrected chi connectivity index (χ3v) is 7.46. The summed E-state index contributed by atoms with van der Waals surface area (Å²) in [4.78, 5) is 25.0. The summed E-state index contributed by atoms with van der Waals surface area (Å²) < 4.78 is 40.2. The number of nitrogens with one attached hydrogen (secondary N) is 1. The fraction of sp³-hybridized carbons (Fsp3) is 0.292. The average molecular weight is 545 g/mol. The zero-order valence-electron chi connectivity index (χ0n) is 19.8. The van der Waals surface area contributed by atoms with Crippen LogP contribution in [-0.2, 0) is 9.36 Å². The fourth-order valence-electron chi connectivity index (χ4n) is 3.05. The molecule has 1 amide bonds. The first-order chi connectivity index (χ1) is 16.2. The molecule has 0 saturated heterocycles. The molecule has 3 rings (SSSR count). The van der Waals surface area contributed by atoms with Gasteiger partial charge in [0, 0.05) is 23.3 Å². The smallest absolute Gasteiger partial charge is 0.237 e. The fourth-order valence-corrected chi connectivity index (χ4v) is 5.51. The van der Waals surface area contributed by atoms with E-state index in [4.69, 9.17) is 16.7 Å². The molecule has 0 fully saturated rings. The topological polar surface area (TPSA) is 89.5 Å². The van der Waals surface area contributed by atoms with Crippen LogP contribution in [0.25, 0.3) is 16.2 Å². The Hall–Kier alpha value is -2.13. The molecule has 35 heavy (non-hydrogen) atoms. The Bertz CT molecular complexity index is 1250. The summed E-state index contributed by atoms with van der Waals surface area (Å²) in [6.45, 7) is 2.12. The summed E-state index contributed by atoms with van der Waals surface area (Å²) in [6, 6.07) is 8.31. The van der Waals surface area contributed by atoms with Gasteiger partial charge in [-0.1, -0.05) is 17.7 Å². The van der Waals surface area contributed by atoms with E-state index < -0.39 is 30.6 Å². The van der Waals surface area contributed by atoms with E-state index in [2.05, 4.69) is 26.5 Å². The molecule has 1 aromatic heterocycles. The minimum absolute atomic E-state index is 0.281. The number of rotatable bonds is 7. The maximum atomic E-state index is 13.2. The molecule has 11 heteroatoms. The number of amides is 1. The molecule has 0 aliphatic rings. The van der Waals surface area contributed by atoms with E-state index in [1.165, 1.54) is 29.7 Å². The summed E-state index contributed by atoms with van der Waals surface area (Å²) in [6.07, 6.45) is 2.53. The lowest BCUT2D eigenvalue weighted by Gasteiger charge is -2.27. The number of thiophene rings is 1. The van der Waals surface area contributed by atoms with Crippen LogP contribution in [0.15, 0.2) is 48.0 Å². The molecule has 2 aromatic carbocycles. The second-order valence-corrected chi connectivity index (χ2v) is 12.6. The van der Waals surface area contributed by atoms with Gasteiger partial charge >= 0.3 is 0 Å². The SMILES string of the molecule is CP(=O)([O-])C(C(=O)NC=Cc1ccc(F)c(F)c1)c1csc2ccc(Cl)cc12.C[N+](C)(C)CCO. The zero-order chi connectivity index (χ0) is 26.4. The van der Waals surface area contributed by atoms with Gasteiger partial charge < -0.3 is 24.4 Å². The van der Waals surface area contributed by atoms with Crippen molar-refractivity contribution in [2.75, 3.05) is 41.0 Å². The molecule has 3 aromatic rings. The minimum Gasteiger partial charge on any atom is -0.799 e. The number of nitrogens with zero attached hydrogens (tertiary/aromatic N) is 1. The third kappa shape index (κ3) is 8.79. The lowest BCUT2D eigenvalue weighted by atomic mass is 10.1. The highest BCUT2D eigenvalue weighted by Gasteiger charge is 2.30. The standard InChI is InChI=1S/C19H15ClF2NO3PS.C5H14NO/c1-27(25,26)18(14-10-28-17-5-3-12(20)9-13(14)17)19(24)23-7-6-11-2-4-15(21)16(22)8-11;1-6(2,3)4-5-7/h2-10,18H,1H3,(H,23,24)(H,25,26);7H,4-5H2,1-3H3/q;+1/p-1. The zero-order valence-corrected chi connectivity index (χ0v) is 22.3. The molecule has 190 valence electrons. The highest BCUT2D eigenvalue weighted by molar-refractivity contribution is 7.57. The highest BCUT2D eigenvalue weighted by atomic mass is 35.5. The van der Waals surface area contributed by atoms with E-state index in [-0.39, 0.29) is 6.61 Å². The third-order valence-electron chi connectivity index (χ3n) is 4.79. The summed E-state index contributed by atoms with van der Waals surface area (Å²) in [7, 11) is 2.05. The number of halogens is 3. The number of benzene rings is 2. The van der Waals surface area contributed by atoms with Crippen molar-refractivity contribution in [1.29, 1.82) is 0 Å². The predicted molar refractivity (Wildman–Crippen MR) is 137 cm³/mol. The van der Waals surface area contributed by atoms with E-state index in [0.717, 1.165) is 34.5 Å². The Labute approximate surface area is 212 Å². The van der Waals surface area contributed by atoms with Gasteiger partial charge in [-0.15, -0.1) is 11.3 Å². The molecule has 2 N–H and O–H groups in total. The van der Waals surface area contributed by atoms with Crippen LogP contribution in [0.1, 0.15) is 16.8 Å². The number of aliphatic hydroxyl groups excluding tert-OH is 1. The number of hydrogen-bond acceptors (Lipinski definition) is 5. The quantitative estimate of drug-likeness (QED) is 0.336. The van der Waals surface area contributed by atoms with Gasteiger partial charge in [-0.2, -0.15) is 0 Å². The molecule has 0 saturated carbocycles. The van der Waals surface area contributed by atoms with Gasteiger partial charge in [-0.3, -0.25) is 4.79 Å². The molecule has 0 radical (unpaired) electrons. The van der Waals surface area contributed by atoms with Gasteiger partial charge in [0.25, 0.3) is 0 Å². The number of likely N-dealkylation sites (N-methyl/N-ethyl adjacent to an activating group) is 1. The van der Waals surface area contributed by atoms with Crippen LogP contribution < -0.4 is 10.2 Å². The van der Waals surface area contributed by atoms with Crippen molar-refractivity contribution in [2.45, 2.75) is 5.66 Å². The number of quaternary nitrogens is 1. The summed E-state index contributed by atoms with van der Waals surface area (Å²) in [5.74, 6) is -2.76. The summed E-state index contributed by atoms with van der Waals surface area (Å²) in [5, 5.41) is 13.4. The van der Waals surface area contributed by atoms with Crippen molar-refractivity contribution in [1.82, 2.24) is 5.32 Å². The normalized spacial score (nSPS) is 14.3. The Balaban J connectivity index is 0.000000540. The molecule has 6 nitrogen and oxygen atoms in total. The first kappa shape index (κ1) is 29.1. The summed E-state index contributed by atoms with van der Waals surface area (Å²) in [5.41, 5.74) is -0.748. The largest absolute Gasteiger partial charge is 0.799 e. The van der Waals surface area contributed by atoms with Crippen molar-refractivity contribution in [3.63, 3.8) is 0 Å². The van der Waals surface area contributed by atoms with Crippen LogP contribution in [0.5, 0.6) is 0 Å². The van der Waals surface area contributed by atoms with E-state index in [0.29, 0.717) is 21.5 Å². The van der Waals surface area contributed by atoms with Crippen LogP contribution in [-0.4, -0.2) is 56.5 Å². The van der Waals surface area contributed by atoms with Crippen molar-refractivity contribution in [3.05, 3.63) is 75.8 Å². The number of hydrogen-bond donors (Lipinski definition) is 2.